The van der Waals surface area contributed by atoms with Crippen LogP contribution in [0.25, 0.3) is 0 Å². The van der Waals surface area contributed by atoms with Crippen LogP contribution in [0.4, 0.5) is 4.39 Å². The molecule has 0 radical (unpaired) electrons. The molecule has 2 aromatic rings. The highest BCUT2D eigenvalue weighted by Crippen LogP contribution is 2.18. The molecule has 0 aliphatic carbocycles. The van der Waals surface area contributed by atoms with E-state index in [0.717, 1.165) is 31.6 Å². The van der Waals surface area contributed by atoms with E-state index in [2.05, 4.69) is 34.9 Å². The second kappa shape index (κ2) is 6.90. The number of halogens is 1. The molecule has 0 saturated carbocycles. The molecule has 0 bridgehead atoms. The zero-order chi connectivity index (χ0) is 15.4. The smallest absolute Gasteiger partial charge is 0.165 e. The molecule has 0 amide bonds. The van der Waals surface area contributed by atoms with Gasteiger partial charge < -0.3 is 15.4 Å². The SMILES string of the molecule is COc1cc(C[NH2+]C[C@@H]2[NH2+]CCc3ccccc32)ccc1F. The fourth-order valence-electron chi connectivity index (χ4n) is 3.17. The van der Waals surface area contributed by atoms with Crippen LogP contribution in [0.5, 0.6) is 5.75 Å². The summed E-state index contributed by atoms with van der Waals surface area (Å²) in [5.74, 6) is 0.0151. The Morgan fingerprint density at radius 3 is 3.00 bits per heavy atom. The molecule has 22 heavy (non-hydrogen) atoms. The van der Waals surface area contributed by atoms with E-state index in [-0.39, 0.29) is 5.82 Å². The molecule has 1 atom stereocenters. The Hall–Kier alpha value is -1.91. The molecule has 0 unspecified atom stereocenters. The first kappa shape index (κ1) is 15.0. The topological polar surface area (TPSA) is 42.5 Å². The fraction of sp³-hybridized carbons (Fsp3) is 0.333. The minimum atomic E-state index is -0.305. The van der Waals surface area contributed by atoms with Crippen molar-refractivity contribution in [3.8, 4) is 5.75 Å². The van der Waals surface area contributed by atoms with E-state index in [9.17, 15) is 4.39 Å². The molecule has 1 heterocycles. The van der Waals surface area contributed by atoms with Crippen molar-refractivity contribution in [1.82, 2.24) is 0 Å². The average molecular weight is 302 g/mol. The minimum absolute atomic E-state index is 0.305. The van der Waals surface area contributed by atoms with E-state index in [1.807, 2.05) is 6.07 Å². The van der Waals surface area contributed by atoms with Crippen molar-refractivity contribution in [2.45, 2.75) is 19.0 Å². The van der Waals surface area contributed by atoms with E-state index >= 15 is 0 Å². The molecule has 1 aliphatic heterocycles. The maximum absolute atomic E-state index is 13.4. The standard InChI is InChI=1S/C18H21FN2O/c1-22-18-10-13(6-7-16(18)19)11-20-12-17-15-5-3-2-4-14(15)8-9-21-17/h2-7,10,17,20-21H,8-9,11-12H2,1H3/p+2/t17-/m0/s1. The number of hydrogen-bond acceptors (Lipinski definition) is 1. The molecular weight excluding hydrogens is 279 g/mol. The van der Waals surface area contributed by atoms with Crippen LogP contribution in [0.2, 0.25) is 0 Å². The van der Waals surface area contributed by atoms with Gasteiger partial charge in [0.15, 0.2) is 17.6 Å². The quantitative estimate of drug-likeness (QED) is 0.841. The molecule has 0 fully saturated rings. The molecule has 0 spiro atoms. The number of rotatable bonds is 5. The Bertz CT molecular complexity index is 645. The van der Waals surface area contributed by atoms with Crippen LogP contribution in [-0.2, 0) is 13.0 Å². The molecule has 4 N–H and O–H groups in total. The van der Waals surface area contributed by atoms with Crippen LogP contribution in [-0.4, -0.2) is 20.2 Å². The lowest BCUT2D eigenvalue weighted by molar-refractivity contribution is -0.763. The lowest BCUT2D eigenvalue weighted by atomic mass is 9.94. The van der Waals surface area contributed by atoms with Gasteiger partial charge in [-0.3, -0.25) is 0 Å². The van der Waals surface area contributed by atoms with Crippen molar-refractivity contribution >= 4 is 0 Å². The molecule has 4 heteroatoms. The number of quaternary nitrogens is 2. The minimum Gasteiger partial charge on any atom is -0.494 e. The monoisotopic (exact) mass is 302 g/mol. The molecule has 3 rings (SSSR count). The largest absolute Gasteiger partial charge is 0.494 e. The Balaban J connectivity index is 1.60. The highest BCUT2D eigenvalue weighted by atomic mass is 19.1. The second-order valence-corrected chi connectivity index (χ2v) is 5.78. The van der Waals surface area contributed by atoms with Crippen LogP contribution < -0.4 is 15.4 Å². The van der Waals surface area contributed by atoms with E-state index in [0.29, 0.717) is 11.8 Å². The van der Waals surface area contributed by atoms with Gasteiger partial charge in [0.1, 0.15) is 13.1 Å². The molecule has 0 aromatic heterocycles. The summed E-state index contributed by atoms with van der Waals surface area (Å²) in [6.45, 7) is 3.01. The van der Waals surface area contributed by atoms with Gasteiger partial charge in [0.25, 0.3) is 0 Å². The van der Waals surface area contributed by atoms with Gasteiger partial charge in [0.05, 0.1) is 13.7 Å². The van der Waals surface area contributed by atoms with E-state index in [1.165, 1.54) is 24.3 Å². The van der Waals surface area contributed by atoms with Crippen LogP contribution in [0.15, 0.2) is 42.5 Å². The van der Waals surface area contributed by atoms with Crippen LogP contribution in [0, 0.1) is 5.82 Å². The van der Waals surface area contributed by atoms with E-state index in [4.69, 9.17) is 4.74 Å². The van der Waals surface area contributed by atoms with Gasteiger partial charge in [-0.15, -0.1) is 0 Å². The molecule has 0 saturated heterocycles. The molecular formula is C18H23FN2O+2. The van der Waals surface area contributed by atoms with Gasteiger partial charge in [0, 0.05) is 17.5 Å². The Morgan fingerprint density at radius 2 is 2.14 bits per heavy atom. The fourth-order valence-corrected chi connectivity index (χ4v) is 3.17. The van der Waals surface area contributed by atoms with E-state index in [1.54, 1.807) is 6.07 Å². The number of hydrogen-bond donors (Lipinski definition) is 2. The van der Waals surface area contributed by atoms with Gasteiger partial charge in [-0.05, 0) is 17.7 Å². The van der Waals surface area contributed by atoms with Crippen LogP contribution in [0.3, 0.4) is 0 Å². The number of benzene rings is 2. The van der Waals surface area contributed by atoms with Gasteiger partial charge in [-0.2, -0.15) is 0 Å². The Kier molecular flexibility index (Phi) is 4.71. The maximum atomic E-state index is 13.4. The molecule has 3 nitrogen and oxygen atoms in total. The highest BCUT2D eigenvalue weighted by Gasteiger charge is 2.23. The molecule has 116 valence electrons. The number of methoxy groups -OCH3 is 1. The summed E-state index contributed by atoms with van der Waals surface area (Å²) in [5.41, 5.74) is 4.02. The lowest BCUT2D eigenvalue weighted by Crippen LogP contribution is -2.95. The summed E-state index contributed by atoms with van der Waals surface area (Å²) in [7, 11) is 1.50. The third-order valence-corrected chi connectivity index (χ3v) is 4.34. The van der Waals surface area contributed by atoms with Crippen molar-refractivity contribution in [1.29, 1.82) is 0 Å². The summed E-state index contributed by atoms with van der Waals surface area (Å²) < 4.78 is 18.4. The maximum Gasteiger partial charge on any atom is 0.165 e. The zero-order valence-corrected chi connectivity index (χ0v) is 12.9. The van der Waals surface area contributed by atoms with Gasteiger partial charge in [-0.25, -0.2) is 4.39 Å². The van der Waals surface area contributed by atoms with Gasteiger partial charge >= 0.3 is 0 Å². The summed E-state index contributed by atoms with van der Waals surface area (Å²) in [6, 6.07) is 14.3. The molecule has 2 aromatic carbocycles. The first-order valence-corrected chi connectivity index (χ1v) is 7.83. The van der Waals surface area contributed by atoms with Crippen molar-refractivity contribution in [2.75, 3.05) is 20.2 Å². The van der Waals surface area contributed by atoms with Crippen molar-refractivity contribution in [2.24, 2.45) is 0 Å². The zero-order valence-electron chi connectivity index (χ0n) is 12.9. The average Bonchev–Trinajstić information content (AvgIpc) is 2.56. The summed E-state index contributed by atoms with van der Waals surface area (Å²) in [6.07, 6.45) is 1.15. The van der Waals surface area contributed by atoms with Crippen LogP contribution >= 0.6 is 0 Å². The second-order valence-electron chi connectivity index (χ2n) is 5.78. The van der Waals surface area contributed by atoms with E-state index < -0.39 is 0 Å². The lowest BCUT2D eigenvalue weighted by Gasteiger charge is -2.22. The van der Waals surface area contributed by atoms with Gasteiger partial charge in [-0.1, -0.05) is 30.3 Å². The summed E-state index contributed by atoms with van der Waals surface area (Å²) in [4.78, 5) is 0. The number of fused-ring (bicyclic) bond motifs is 1. The first-order chi connectivity index (χ1) is 10.8. The third kappa shape index (κ3) is 3.29. The number of nitrogens with two attached hydrogens (primary N) is 2. The Labute approximate surface area is 130 Å². The highest BCUT2D eigenvalue weighted by molar-refractivity contribution is 5.30. The number of ether oxygens (including phenoxy) is 1. The van der Waals surface area contributed by atoms with Crippen molar-refractivity contribution < 1.29 is 19.8 Å². The van der Waals surface area contributed by atoms with Crippen LogP contribution in [0.1, 0.15) is 22.7 Å². The normalized spacial score (nSPS) is 17.1. The molecule has 1 aliphatic rings. The summed E-state index contributed by atoms with van der Waals surface area (Å²) >= 11 is 0. The Morgan fingerprint density at radius 1 is 1.27 bits per heavy atom. The predicted molar refractivity (Wildman–Crippen MR) is 83.1 cm³/mol. The van der Waals surface area contributed by atoms with Crippen molar-refractivity contribution in [3.63, 3.8) is 0 Å². The predicted octanol–water partition coefficient (Wildman–Crippen LogP) is 0.759. The first-order valence-electron chi connectivity index (χ1n) is 7.83. The third-order valence-electron chi connectivity index (χ3n) is 4.34. The van der Waals surface area contributed by atoms with Crippen molar-refractivity contribution in [3.05, 3.63) is 65.0 Å². The summed E-state index contributed by atoms with van der Waals surface area (Å²) in [5, 5.41) is 4.71. The van der Waals surface area contributed by atoms with Gasteiger partial charge in [0.2, 0.25) is 0 Å².